The maximum absolute atomic E-state index is 12.4. The molecule has 25 heavy (non-hydrogen) atoms. The number of hydrogen-bond donors (Lipinski definition) is 1. The lowest BCUT2D eigenvalue weighted by Gasteiger charge is -2.15. The van der Waals surface area contributed by atoms with Crippen LogP contribution in [0.2, 0.25) is 0 Å². The van der Waals surface area contributed by atoms with Gasteiger partial charge in [0.2, 0.25) is 15.8 Å². The van der Waals surface area contributed by atoms with Crippen LogP contribution in [0.4, 0.5) is 11.6 Å². The molecule has 0 unspecified atom stereocenters. The Hall–Kier alpha value is -2.50. The normalized spacial score (nSPS) is 12.0. The van der Waals surface area contributed by atoms with Gasteiger partial charge in [-0.25, -0.2) is 12.7 Å². The number of sulfonamides is 1. The summed E-state index contributed by atoms with van der Waals surface area (Å²) >= 11 is 1.28. The van der Waals surface area contributed by atoms with Gasteiger partial charge in [0.1, 0.15) is 6.20 Å². The van der Waals surface area contributed by atoms with Crippen LogP contribution in [0.3, 0.4) is 0 Å². The highest BCUT2D eigenvalue weighted by Gasteiger charge is 2.25. The second-order valence-electron chi connectivity index (χ2n) is 5.35. The van der Waals surface area contributed by atoms with Crippen LogP contribution in [-0.4, -0.2) is 41.1 Å². The van der Waals surface area contributed by atoms with Crippen LogP contribution in [0.25, 0.3) is 4.96 Å². The van der Waals surface area contributed by atoms with E-state index in [0.29, 0.717) is 10.5 Å². The summed E-state index contributed by atoms with van der Waals surface area (Å²) in [5, 5.41) is 15.9. The molecule has 0 fully saturated rings. The minimum absolute atomic E-state index is 0.0922. The number of nitro groups is 1. The molecule has 2 aromatic heterocycles. The van der Waals surface area contributed by atoms with Crippen molar-refractivity contribution in [3.63, 3.8) is 0 Å². The second kappa shape index (κ2) is 6.43. The minimum Gasteiger partial charge on any atom is -0.359 e. The molecule has 0 saturated heterocycles. The van der Waals surface area contributed by atoms with Crippen LogP contribution in [0.15, 0.2) is 40.7 Å². The molecule has 0 aliphatic rings. The number of nitrogens with one attached hydrogen (secondary N) is 1. The summed E-state index contributed by atoms with van der Waals surface area (Å²) in [5.41, 5.74) is 0.502. The second-order valence-corrected chi connectivity index (χ2v) is 8.34. The standard InChI is InChI=1S/C14H15N5O4S2/c1-17(2)25(22,23)11-6-4-3-5-10(11)9-15-12-13(19(20)21)18-7-8-24-14(18)16-12/h3-8,15H,9H2,1-2H3. The molecule has 0 atom stereocenters. The van der Waals surface area contributed by atoms with E-state index in [4.69, 9.17) is 0 Å². The Morgan fingerprint density at radius 2 is 2.08 bits per heavy atom. The molecular formula is C14H15N5O4S2. The number of anilines is 1. The Labute approximate surface area is 147 Å². The van der Waals surface area contributed by atoms with Crippen LogP contribution in [-0.2, 0) is 16.6 Å². The summed E-state index contributed by atoms with van der Waals surface area (Å²) in [6.07, 6.45) is 1.57. The van der Waals surface area contributed by atoms with E-state index in [0.717, 1.165) is 4.31 Å². The Balaban J connectivity index is 1.95. The van der Waals surface area contributed by atoms with Crippen molar-refractivity contribution >= 4 is 38.0 Å². The van der Waals surface area contributed by atoms with Gasteiger partial charge in [0, 0.05) is 26.0 Å². The van der Waals surface area contributed by atoms with Gasteiger partial charge in [0.25, 0.3) is 4.96 Å². The number of aromatic nitrogens is 2. The SMILES string of the molecule is CN(C)S(=O)(=O)c1ccccc1CNc1nc2sccn2c1[N+](=O)[O-]. The Morgan fingerprint density at radius 3 is 2.76 bits per heavy atom. The molecule has 1 N–H and O–H groups in total. The molecule has 0 spiro atoms. The third-order valence-electron chi connectivity index (χ3n) is 3.59. The number of benzene rings is 1. The summed E-state index contributed by atoms with van der Waals surface area (Å²) in [5.74, 6) is -0.0712. The number of imidazole rings is 1. The van der Waals surface area contributed by atoms with Gasteiger partial charge in [-0.3, -0.25) is 0 Å². The highest BCUT2D eigenvalue weighted by atomic mass is 32.2. The molecule has 0 aliphatic heterocycles. The fraction of sp³-hybridized carbons (Fsp3) is 0.214. The van der Waals surface area contributed by atoms with Crippen molar-refractivity contribution in [1.29, 1.82) is 0 Å². The molecule has 1 aromatic carbocycles. The van der Waals surface area contributed by atoms with Gasteiger partial charge in [-0.15, -0.1) is 0 Å². The molecule has 11 heteroatoms. The van der Waals surface area contributed by atoms with Crippen molar-refractivity contribution in [2.75, 3.05) is 19.4 Å². The first-order chi connectivity index (χ1) is 11.8. The van der Waals surface area contributed by atoms with Crippen molar-refractivity contribution in [3.05, 3.63) is 51.5 Å². The van der Waals surface area contributed by atoms with Gasteiger partial charge in [-0.2, -0.15) is 9.38 Å². The third kappa shape index (κ3) is 3.08. The van der Waals surface area contributed by atoms with Gasteiger partial charge in [-0.1, -0.05) is 29.5 Å². The van der Waals surface area contributed by atoms with Gasteiger partial charge < -0.3 is 15.4 Å². The molecule has 3 rings (SSSR count). The number of thiazole rings is 1. The van der Waals surface area contributed by atoms with E-state index in [1.807, 2.05) is 0 Å². The van der Waals surface area contributed by atoms with Gasteiger partial charge in [0.15, 0.2) is 0 Å². The predicted molar refractivity (Wildman–Crippen MR) is 94.4 cm³/mol. The van der Waals surface area contributed by atoms with Gasteiger partial charge in [-0.05, 0) is 16.6 Å². The molecule has 0 radical (unpaired) electrons. The van der Waals surface area contributed by atoms with Gasteiger partial charge >= 0.3 is 5.82 Å². The van der Waals surface area contributed by atoms with Crippen LogP contribution in [0.5, 0.6) is 0 Å². The molecule has 132 valence electrons. The van der Waals surface area contributed by atoms with E-state index in [9.17, 15) is 18.5 Å². The quantitative estimate of drug-likeness (QED) is 0.518. The predicted octanol–water partition coefficient (Wildman–Crippen LogP) is 2.17. The highest BCUT2D eigenvalue weighted by Crippen LogP contribution is 2.29. The van der Waals surface area contributed by atoms with E-state index >= 15 is 0 Å². The Morgan fingerprint density at radius 1 is 1.36 bits per heavy atom. The maximum atomic E-state index is 12.4. The molecular weight excluding hydrogens is 366 g/mol. The average molecular weight is 381 g/mol. The van der Waals surface area contributed by atoms with Crippen LogP contribution in [0.1, 0.15) is 5.56 Å². The monoisotopic (exact) mass is 381 g/mol. The number of nitrogens with zero attached hydrogens (tertiary/aromatic N) is 4. The largest absolute Gasteiger partial charge is 0.372 e. The van der Waals surface area contributed by atoms with E-state index in [1.165, 1.54) is 35.9 Å². The van der Waals surface area contributed by atoms with Crippen molar-refractivity contribution < 1.29 is 13.3 Å². The molecule has 0 aliphatic carbocycles. The lowest BCUT2D eigenvalue weighted by Crippen LogP contribution is -2.23. The zero-order valence-corrected chi connectivity index (χ0v) is 15.0. The van der Waals surface area contributed by atoms with Crippen LogP contribution >= 0.6 is 11.3 Å². The zero-order valence-electron chi connectivity index (χ0n) is 13.4. The fourth-order valence-corrected chi connectivity index (χ4v) is 4.17. The summed E-state index contributed by atoms with van der Waals surface area (Å²) in [7, 11) is -0.712. The van der Waals surface area contributed by atoms with Crippen LogP contribution < -0.4 is 5.32 Å². The molecule has 0 amide bonds. The average Bonchev–Trinajstić information content (AvgIpc) is 3.12. The molecule has 0 bridgehead atoms. The summed E-state index contributed by atoms with van der Waals surface area (Å²) in [6.45, 7) is 0.0922. The van der Waals surface area contributed by atoms with Gasteiger partial charge in [0.05, 0.1) is 4.90 Å². The Kier molecular flexibility index (Phi) is 4.45. The lowest BCUT2D eigenvalue weighted by atomic mass is 10.2. The van der Waals surface area contributed by atoms with Crippen LogP contribution in [0, 0.1) is 10.1 Å². The van der Waals surface area contributed by atoms with E-state index in [-0.39, 0.29) is 23.1 Å². The first-order valence-electron chi connectivity index (χ1n) is 7.16. The van der Waals surface area contributed by atoms with Crippen molar-refractivity contribution in [1.82, 2.24) is 13.7 Å². The highest BCUT2D eigenvalue weighted by molar-refractivity contribution is 7.89. The summed E-state index contributed by atoms with van der Waals surface area (Å²) < 4.78 is 27.3. The fourth-order valence-electron chi connectivity index (χ4n) is 2.34. The topological polar surface area (TPSA) is 110 Å². The maximum Gasteiger partial charge on any atom is 0.372 e. The van der Waals surface area contributed by atoms with Crippen molar-refractivity contribution in [3.8, 4) is 0 Å². The minimum atomic E-state index is -3.62. The molecule has 9 nitrogen and oxygen atoms in total. The van der Waals surface area contributed by atoms with E-state index < -0.39 is 14.9 Å². The third-order valence-corrected chi connectivity index (χ3v) is 6.26. The Bertz CT molecular complexity index is 1040. The zero-order chi connectivity index (χ0) is 18.2. The first-order valence-corrected chi connectivity index (χ1v) is 9.48. The summed E-state index contributed by atoms with van der Waals surface area (Å²) in [6, 6.07) is 6.51. The van der Waals surface area contributed by atoms with Crippen molar-refractivity contribution in [2.24, 2.45) is 0 Å². The molecule has 0 saturated carbocycles. The van der Waals surface area contributed by atoms with E-state index in [2.05, 4.69) is 10.3 Å². The smallest absolute Gasteiger partial charge is 0.359 e. The molecule has 2 heterocycles. The summed E-state index contributed by atoms with van der Waals surface area (Å²) in [4.78, 5) is 15.7. The van der Waals surface area contributed by atoms with E-state index in [1.54, 1.807) is 29.8 Å². The first kappa shape index (κ1) is 17.3. The van der Waals surface area contributed by atoms with Crippen molar-refractivity contribution in [2.45, 2.75) is 11.4 Å². The molecule has 3 aromatic rings. The number of rotatable bonds is 6. The lowest BCUT2D eigenvalue weighted by molar-refractivity contribution is -0.389. The number of hydrogen-bond acceptors (Lipinski definition) is 7. The number of fused-ring (bicyclic) bond motifs is 1.